The van der Waals surface area contributed by atoms with E-state index in [1.54, 1.807) is 13.1 Å². The summed E-state index contributed by atoms with van der Waals surface area (Å²) in [6.07, 6.45) is 6.64. The van der Waals surface area contributed by atoms with E-state index in [9.17, 15) is 18.7 Å². The summed E-state index contributed by atoms with van der Waals surface area (Å²) in [6, 6.07) is -0.547. The molecule has 1 amide bonds. The number of nitrogens with zero attached hydrogens (tertiary/aromatic N) is 3. The van der Waals surface area contributed by atoms with Crippen LogP contribution in [0.15, 0.2) is 11.2 Å². The standard InChI is InChI=1S/C20H29F2N5O4/c1-12(10-31-19(21)22)25-20-24-9-16(18(29)26-14-6-7-30-11-14)17(27-20)23-8-13-2-4-15(28)5-3-13/h8-9,12-15,19,28H,2-7,10-11H2,1H3,(H,26,29)(H,24,25,27)/b23-8-/t12-,13?,14-,15?/m0/s1. The van der Waals surface area contributed by atoms with E-state index >= 15 is 0 Å². The fourth-order valence-corrected chi connectivity index (χ4v) is 3.52. The Morgan fingerprint density at radius 1 is 1.39 bits per heavy atom. The lowest BCUT2D eigenvalue weighted by Gasteiger charge is -2.22. The van der Waals surface area contributed by atoms with Crippen molar-refractivity contribution in [2.45, 2.75) is 63.8 Å². The first-order valence-corrected chi connectivity index (χ1v) is 10.5. The van der Waals surface area contributed by atoms with E-state index in [1.165, 1.54) is 6.20 Å². The van der Waals surface area contributed by atoms with Gasteiger partial charge in [-0.3, -0.25) is 4.79 Å². The van der Waals surface area contributed by atoms with E-state index < -0.39 is 12.7 Å². The number of carbonyl (C=O) groups is 1. The first-order chi connectivity index (χ1) is 14.9. The van der Waals surface area contributed by atoms with Gasteiger partial charge in [-0.2, -0.15) is 13.8 Å². The predicted molar refractivity (Wildman–Crippen MR) is 110 cm³/mol. The minimum atomic E-state index is -2.86. The molecule has 2 aliphatic rings. The van der Waals surface area contributed by atoms with Crippen LogP contribution < -0.4 is 10.6 Å². The van der Waals surface area contributed by atoms with E-state index in [-0.39, 0.29) is 47.9 Å². The van der Waals surface area contributed by atoms with Crippen molar-refractivity contribution in [2.24, 2.45) is 10.9 Å². The number of carbonyl (C=O) groups excluding carboxylic acids is 1. The van der Waals surface area contributed by atoms with Crippen molar-refractivity contribution < 1.29 is 28.2 Å². The number of aliphatic hydroxyl groups excluding tert-OH is 1. The van der Waals surface area contributed by atoms with Crippen LogP contribution in [0.3, 0.4) is 0 Å². The maximum Gasteiger partial charge on any atom is 0.345 e. The average Bonchev–Trinajstić information content (AvgIpc) is 3.25. The predicted octanol–water partition coefficient (Wildman–Crippen LogP) is 2.29. The second-order valence-electron chi connectivity index (χ2n) is 7.95. The number of hydrogen-bond acceptors (Lipinski definition) is 8. The van der Waals surface area contributed by atoms with Crippen LogP contribution in [0, 0.1) is 5.92 Å². The quantitative estimate of drug-likeness (QED) is 0.503. The van der Waals surface area contributed by atoms with Gasteiger partial charge in [0.05, 0.1) is 25.4 Å². The third-order valence-corrected chi connectivity index (χ3v) is 5.27. The van der Waals surface area contributed by atoms with Crippen molar-refractivity contribution in [3.8, 4) is 0 Å². The highest BCUT2D eigenvalue weighted by molar-refractivity contribution is 5.98. The highest BCUT2D eigenvalue weighted by Crippen LogP contribution is 2.25. The van der Waals surface area contributed by atoms with Crippen LogP contribution >= 0.6 is 0 Å². The lowest BCUT2D eigenvalue weighted by Crippen LogP contribution is -2.35. The van der Waals surface area contributed by atoms with Gasteiger partial charge in [-0.15, -0.1) is 0 Å². The lowest BCUT2D eigenvalue weighted by atomic mass is 9.88. The molecule has 2 fully saturated rings. The zero-order valence-corrected chi connectivity index (χ0v) is 17.5. The third-order valence-electron chi connectivity index (χ3n) is 5.27. The van der Waals surface area contributed by atoms with Gasteiger partial charge in [-0.05, 0) is 44.9 Å². The third kappa shape index (κ3) is 7.44. The van der Waals surface area contributed by atoms with Crippen LogP contribution in [0.25, 0.3) is 0 Å². The molecule has 0 radical (unpaired) electrons. The Morgan fingerprint density at radius 2 is 2.16 bits per heavy atom. The number of aliphatic imine (C=N–C) groups is 1. The summed E-state index contributed by atoms with van der Waals surface area (Å²) < 4.78 is 34.1. The number of ether oxygens (including phenoxy) is 2. The SMILES string of the molecule is C[C@@H](COC(F)F)Nc1ncc(C(=O)N[C@H]2CCOC2)c(/N=C\C2CCC(O)CC2)n1. The molecule has 0 aromatic carbocycles. The number of amides is 1. The summed E-state index contributed by atoms with van der Waals surface area (Å²) in [5.74, 6) is 0.203. The Balaban J connectivity index is 1.73. The molecule has 3 rings (SSSR count). The Hall–Kier alpha value is -2.24. The summed E-state index contributed by atoms with van der Waals surface area (Å²) >= 11 is 0. The molecule has 11 heteroatoms. The van der Waals surface area contributed by atoms with Crippen molar-refractivity contribution in [1.29, 1.82) is 0 Å². The molecular weight excluding hydrogens is 412 g/mol. The molecule has 0 unspecified atom stereocenters. The summed E-state index contributed by atoms with van der Waals surface area (Å²) in [5.41, 5.74) is 0.223. The number of aromatic nitrogens is 2. The van der Waals surface area contributed by atoms with E-state index in [4.69, 9.17) is 4.74 Å². The monoisotopic (exact) mass is 441 g/mol. The van der Waals surface area contributed by atoms with Crippen LogP contribution in [0.5, 0.6) is 0 Å². The molecule has 1 aromatic rings. The smallest absolute Gasteiger partial charge is 0.345 e. The lowest BCUT2D eigenvalue weighted by molar-refractivity contribution is -0.130. The summed E-state index contributed by atoms with van der Waals surface area (Å²) in [7, 11) is 0. The molecule has 1 aliphatic carbocycles. The van der Waals surface area contributed by atoms with Gasteiger partial charge in [-0.25, -0.2) is 9.98 Å². The Labute approximate surface area is 179 Å². The molecule has 1 aromatic heterocycles. The summed E-state index contributed by atoms with van der Waals surface area (Å²) in [4.78, 5) is 25.7. The number of nitrogens with one attached hydrogen (secondary N) is 2. The number of aliphatic hydroxyl groups is 1. The molecule has 3 N–H and O–H groups in total. The number of anilines is 1. The average molecular weight is 441 g/mol. The fraction of sp³-hybridized carbons (Fsp3) is 0.700. The number of hydrogen-bond donors (Lipinski definition) is 3. The molecule has 2 atom stereocenters. The van der Waals surface area contributed by atoms with Crippen molar-refractivity contribution in [1.82, 2.24) is 15.3 Å². The molecule has 1 saturated heterocycles. The molecular formula is C20H29F2N5O4. The molecule has 31 heavy (non-hydrogen) atoms. The maximum absolute atomic E-state index is 12.7. The highest BCUT2D eigenvalue weighted by Gasteiger charge is 2.23. The molecule has 0 bridgehead atoms. The van der Waals surface area contributed by atoms with Gasteiger partial charge in [0.15, 0.2) is 5.82 Å². The highest BCUT2D eigenvalue weighted by atomic mass is 19.3. The zero-order chi connectivity index (χ0) is 22.2. The second-order valence-corrected chi connectivity index (χ2v) is 7.95. The van der Waals surface area contributed by atoms with Crippen LogP contribution in [0.4, 0.5) is 20.5 Å². The van der Waals surface area contributed by atoms with Crippen molar-refractivity contribution in [2.75, 3.05) is 25.1 Å². The van der Waals surface area contributed by atoms with Gasteiger partial charge in [0.2, 0.25) is 5.95 Å². The van der Waals surface area contributed by atoms with Crippen LogP contribution in [0.1, 0.15) is 49.4 Å². The van der Waals surface area contributed by atoms with Crippen LogP contribution in [0.2, 0.25) is 0 Å². The zero-order valence-electron chi connectivity index (χ0n) is 17.5. The molecule has 1 aliphatic heterocycles. The molecule has 9 nitrogen and oxygen atoms in total. The number of halogens is 2. The first kappa shape index (κ1) is 23.4. The molecule has 2 heterocycles. The molecule has 1 saturated carbocycles. The maximum atomic E-state index is 12.7. The van der Waals surface area contributed by atoms with E-state index in [0.29, 0.717) is 26.1 Å². The van der Waals surface area contributed by atoms with Gasteiger partial charge < -0.3 is 25.2 Å². The minimum absolute atomic E-state index is 0.0755. The topological polar surface area (TPSA) is 118 Å². The largest absolute Gasteiger partial charge is 0.393 e. The van der Waals surface area contributed by atoms with Crippen molar-refractivity contribution >= 4 is 23.9 Å². The summed E-state index contributed by atoms with van der Waals surface area (Å²) in [6.45, 7) is -0.375. The Kier molecular flexibility index (Phi) is 8.61. The van der Waals surface area contributed by atoms with Gasteiger partial charge in [0.1, 0.15) is 5.56 Å². The van der Waals surface area contributed by atoms with E-state index in [0.717, 1.165) is 19.3 Å². The summed E-state index contributed by atoms with van der Waals surface area (Å²) in [5, 5.41) is 15.4. The number of alkyl halides is 2. The van der Waals surface area contributed by atoms with Crippen molar-refractivity contribution in [3.05, 3.63) is 11.8 Å². The molecule has 0 spiro atoms. The Bertz CT molecular complexity index is 753. The van der Waals surface area contributed by atoms with Gasteiger partial charge in [0.25, 0.3) is 5.91 Å². The van der Waals surface area contributed by atoms with Crippen LogP contribution in [-0.4, -0.2) is 71.8 Å². The molecule has 172 valence electrons. The fourth-order valence-electron chi connectivity index (χ4n) is 3.52. The Morgan fingerprint density at radius 3 is 2.84 bits per heavy atom. The van der Waals surface area contributed by atoms with Crippen molar-refractivity contribution in [3.63, 3.8) is 0 Å². The second kappa shape index (κ2) is 11.4. The number of rotatable bonds is 9. The van der Waals surface area contributed by atoms with E-state index in [2.05, 4.69) is 30.3 Å². The van der Waals surface area contributed by atoms with Gasteiger partial charge >= 0.3 is 6.61 Å². The van der Waals surface area contributed by atoms with Crippen LogP contribution in [-0.2, 0) is 9.47 Å². The van der Waals surface area contributed by atoms with Gasteiger partial charge in [-0.1, -0.05) is 0 Å². The normalized spacial score (nSPS) is 25.1. The van der Waals surface area contributed by atoms with Gasteiger partial charge in [0, 0.05) is 25.1 Å². The van der Waals surface area contributed by atoms with E-state index in [1.807, 2.05) is 0 Å². The first-order valence-electron chi connectivity index (χ1n) is 10.5. The minimum Gasteiger partial charge on any atom is -0.393 e.